The van der Waals surface area contributed by atoms with Gasteiger partial charge in [-0.2, -0.15) is 11.3 Å². The average molecular weight is 176 g/mol. The lowest BCUT2D eigenvalue weighted by atomic mass is 10.2. The van der Waals surface area contributed by atoms with Crippen molar-refractivity contribution in [3.8, 4) is 11.3 Å². The Morgan fingerprint density at radius 1 is 1.33 bits per heavy atom. The first-order valence-electron chi connectivity index (χ1n) is 3.60. The minimum Gasteiger partial charge on any atom is -0.399 e. The molecule has 0 spiro atoms. The molecule has 0 bridgehead atoms. The number of nitrogens with two attached hydrogens (primary N) is 1. The van der Waals surface area contributed by atoms with Crippen LogP contribution in [0.5, 0.6) is 0 Å². The Balaban J connectivity index is 2.48. The zero-order valence-electron chi connectivity index (χ0n) is 6.40. The molecular weight excluding hydrogens is 168 g/mol. The molecule has 0 aliphatic rings. The van der Waals surface area contributed by atoms with Crippen molar-refractivity contribution in [2.75, 3.05) is 5.73 Å². The maximum absolute atomic E-state index is 5.63. The monoisotopic (exact) mass is 176 g/mol. The van der Waals surface area contributed by atoms with Gasteiger partial charge in [-0.05, 0) is 23.6 Å². The van der Waals surface area contributed by atoms with Gasteiger partial charge in [0.25, 0.3) is 0 Å². The zero-order chi connectivity index (χ0) is 8.39. The number of rotatable bonds is 1. The lowest BCUT2D eigenvalue weighted by Gasteiger charge is -1.96. The Morgan fingerprint density at radius 3 is 2.92 bits per heavy atom. The quantitative estimate of drug-likeness (QED) is 0.724. The van der Waals surface area contributed by atoms with E-state index in [-0.39, 0.29) is 0 Å². The summed E-state index contributed by atoms with van der Waals surface area (Å²) in [5, 5.41) is 4.09. The molecule has 0 atom stereocenters. The van der Waals surface area contributed by atoms with Gasteiger partial charge < -0.3 is 5.73 Å². The van der Waals surface area contributed by atoms with Crippen molar-refractivity contribution in [1.29, 1.82) is 0 Å². The van der Waals surface area contributed by atoms with Crippen LogP contribution in [0.15, 0.2) is 35.2 Å². The summed E-state index contributed by atoms with van der Waals surface area (Å²) < 4.78 is 0. The number of hydrogen-bond donors (Lipinski definition) is 1. The van der Waals surface area contributed by atoms with Gasteiger partial charge in [-0.25, -0.2) is 0 Å². The molecule has 0 aromatic carbocycles. The maximum Gasteiger partial charge on any atom is 0.0730 e. The second-order valence-corrected chi connectivity index (χ2v) is 3.27. The van der Waals surface area contributed by atoms with E-state index in [1.807, 2.05) is 17.5 Å². The van der Waals surface area contributed by atoms with Crippen LogP contribution >= 0.6 is 11.3 Å². The predicted octanol–water partition coefficient (Wildman–Crippen LogP) is 2.39. The SMILES string of the molecule is Nc1ccnc(-c2ccsc2)c1. The standard InChI is InChI=1S/C9H8N2S/c10-8-1-3-11-9(5-8)7-2-4-12-6-7/h1-6H,(H2,10,11). The van der Waals surface area contributed by atoms with E-state index in [9.17, 15) is 0 Å². The summed E-state index contributed by atoms with van der Waals surface area (Å²) in [5.41, 5.74) is 8.46. The third kappa shape index (κ3) is 1.31. The fourth-order valence-electron chi connectivity index (χ4n) is 1.01. The number of nitrogens with zero attached hydrogens (tertiary/aromatic N) is 1. The highest BCUT2D eigenvalue weighted by molar-refractivity contribution is 7.08. The first-order valence-corrected chi connectivity index (χ1v) is 4.54. The van der Waals surface area contributed by atoms with Crippen molar-refractivity contribution in [3.05, 3.63) is 35.2 Å². The largest absolute Gasteiger partial charge is 0.399 e. The summed E-state index contributed by atoms with van der Waals surface area (Å²) in [6.07, 6.45) is 1.72. The lowest BCUT2D eigenvalue weighted by molar-refractivity contribution is 1.33. The molecule has 0 unspecified atom stereocenters. The third-order valence-corrected chi connectivity index (χ3v) is 2.28. The summed E-state index contributed by atoms with van der Waals surface area (Å²) in [5.74, 6) is 0. The zero-order valence-corrected chi connectivity index (χ0v) is 7.21. The van der Waals surface area contributed by atoms with E-state index in [4.69, 9.17) is 5.73 Å². The van der Waals surface area contributed by atoms with Gasteiger partial charge in [0.2, 0.25) is 0 Å². The Hall–Kier alpha value is -1.35. The minimum absolute atomic E-state index is 0.756. The third-order valence-electron chi connectivity index (χ3n) is 1.60. The van der Waals surface area contributed by atoms with Crippen molar-refractivity contribution < 1.29 is 0 Å². The van der Waals surface area contributed by atoms with E-state index in [1.54, 1.807) is 23.6 Å². The molecular formula is C9H8N2S. The molecule has 0 aliphatic heterocycles. The normalized spacial score (nSPS) is 10.0. The van der Waals surface area contributed by atoms with Gasteiger partial charge >= 0.3 is 0 Å². The molecule has 0 radical (unpaired) electrons. The molecule has 0 aliphatic carbocycles. The van der Waals surface area contributed by atoms with E-state index in [0.29, 0.717) is 0 Å². The molecule has 3 heteroatoms. The summed E-state index contributed by atoms with van der Waals surface area (Å²) >= 11 is 1.66. The van der Waals surface area contributed by atoms with Crippen LogP contribution < -0.4 is 5.73 Å². The van der Waals surface area contributed by atoms with Gasteiger partial charge in [-0.1, -0.05) is 0 Å². The molecule has 2 rings (SSSR count). The van der Waals surface area contributed by atoms with Crippen LogP contribution in [0, 0.1) is 0 Å². The molecule has 2 aromatic heterocycles. The lowest BCUT2D eigenvalue weighted by Crippen LogP contribution is -1.86. The fraction of sp³-hybridized carbons (Fsp3) is 0. The number of hydrogen-bond acceptors (Lipinski definition) is 3. The smallest absolute Gasteiger partial charge is 0.0730 e. The summed E-state index contributed by atoms with van der Waals surface area (Å²) in [4.78, 5) is 4.21. The molecule has 60 valence electrons. The predicted molar refractivity (Wildman–Crippen MR) is 52.0 cm³/mol. The van der Waals surface area contributed by atoms with Crippen molar-refractivity contribution in [1.82, 2.24) is 4.98 Å². The average Bonchev–Trinajstić information content (AvgIpc) is 2.56. The highest BCUT2D eigenvalue weighted by Crippen LogP contribution is 2.20. The molecule has 2 heterocycles. The van der Waals surface area contributed by atoms with E-state index in [0.717, 1.165) is 16.9 Å². The summed E-state index contributed by atoms with van der Waals surface area (Å²) in [7, 11) is 0. The number of anilines is 1. The van der Waals surface area contributed by atoms with Gasteiger partial charge in [0.1, 0.15) is 0 Å². The molecule has 0 amide bonds. The Kier molecular flexibility index (Phi) is 1.80. The maximum atomic E-state index is 5.63. The Bertz CT molecular complexity index is 368. The van der Waals surface area contributed by atoms with E-state index >= 15 is 0 Å². The van der Waals surface area contributed by atoms with Crippen molar-refractivity contribution >= 4 is 17.0 Å². The van der Waals surface area contributed by atoms with Crippen LogP contribution in [-0.2, 0) is 0 Å². The molecule has 2 N–H and O–H groups in total. The summed E-state index contributed by atoms with van der Waals surface area (Å²) in [6, 6.07) is 5.70. The van der Waals surface area contributed by atoms with Gasteiger partial charge in [0, 0.05) is 22.8 Å². The van der Waals surface area contributed by atoms with Crippen molar-refractivity contribution in [2.45, 2.75) is 0 Å². The number of pyridine rings is 1. The number of aromatic nitrogens is 1. The Labute approximate surface area is 74.7 Å². The van der Waals surface area contributed by atoms with Crippen molar-refractivity contribution in [2.24, 2.45) is 0 Å². The molecule has 12 heavy (non-hydrogen) atoms. The van der Waals surface area contributed by atoms with Gasteiger partial charge in [-0.15, -0.1) is 0 Å². The van der Waals surface area contributed by atoms with Crippen LogP contribution in [0.4, 0.5) is 5.69 Å². The second kappa shape index (κ2) is 2.95. The van der Waals surface area contributed by atoms with Crippen LogP contribution in [0.3, 0.4) is 0 Å². The van der Waals surface area contributed by atoms with Crippen LogP contribution in [0.1, 0.15) is 0 Å². The van der Waals surface area contributed by atoms with Crippen molar-refractivity contribution in [3.63, 3.8) is 0 Å². The molecule has 2 aromatic rings. The topological polar surface area (TPSA) is 38.9 Å². The number of nitrogen functional groups attached to an aromatic ring is 1. The first-order chi connectivity index (χ1) is 5.86. The Morgan fingerprint density at radius 2 is 2.25 bits per heavy atom. The van der Waals surface area contributed by atoms with E-state index in [1.165, 1.54) is 0 Å². The first kappa shape index (κ1) is 7.31. The fourth-order valence-corrected chi connectivity index (χ4v) is 1.66. The molecule has 0 saturated carbocycles. The van der Waals surface area contributed by atoms with Gasteiger partial charge in [-0.3, -0.25) is 4.98 Å². The van der Waals surface area contributed by atoms with Gasteiger partial charge in [0.15, 0.2) is 0 Å². The van der Waals surface area contributed by atoms with E-state index < -0.39 is 0 Å². The molecule has 0 saturated heterocycles. The minimum atomic E-state index is 0.756. The highest BCUT2D eigenvalue weighted by atomic mass is 32.1. The molecule has 0 fully saturated rings. The second-order valence-electron chi connectivity index (χ2n) is 2.49. The van der Waals surface area contributed by atoms with Gasteiger partial charge in [0.05, 0.1) is 5.69 Å². The van der Waals surface area contributed by atoms with Crippen LogP contribution in [0.25, 0.3) is 11.3 Å². The summed E-state index contributed by atoms with van der Waals surface area (Å²) in [6.45, 7) is 0. The van der Waals surface area contributed by atoms with E-state index in [2.05, 4.69) is 10.4 Å². The number of thiophene rings is 1. The van der Waals surface area contributed by atoms with Crippen LogP contribution in [0.2, 0.25) is 0 Å². The highest BCUT2D eigenvalue weighted by Gasteiger charge is 1.98. The molecule has 2 nitrogen and oxygen atoms in total. The van der Waals surface area contributed by atoms with Crippen LogP contribution in [-0.4, -0.2) is 4.98 Å².